The Morgan fingerprint density at radius 1 is 1.17 bits per heavy atom. The minimum absolute atomic E-state index is 0.647. The van der Waals surface area contributed by atoms with Crippen molar-refractivity contribution in [1.29, 1.82) is 0 Å². The normalized spacial score (nSPS) is 28.4. The number of rotatable bonds is 3. The van der Waals surface area contributed by atoms with E-state index in [1.54, 1.807) is 0 Å². The van der Waals surface area contributed by atoms with Gasteiger partial charge in [-0.1, -0.05) is 27.2 Å². The highest BCUT2D eigenvalue weighted by atomic mass is 127. The van der Waals surface area contributed by atoms with E-state index < -0.39 is 0 Å². The highest BCUT2D eigenvalue weighted by Crippen LogP contribution is 2.35. The molecule has 1 fully saturated rings. The summed E-state index contributed by atoms with van der Waals surface area (Å²) in [6.07, 6.45) is 4.09. The number of hydrogen-bond donors (Lipinski definition) is 1. The summed E-state index contributed by atoms with van der Waals surface area (Å²) in [5.74, 6) is 2.46. The van der Waals surface area contributed by atoms with Crippen LogP contribution in [0.5, 0.6) is 0 Å². The third kappa shape index (κ3) is 3.62. The largest absolute Gasteiger partial charge is 0.382 e. The molecular formula is C16H24IN. The molecule has 1 aliphatic carbocycles. The molecular weight excluding hydrogens is 333 g/mol. The van der Waals surface area contributed by atoms with Crippen LogP contribution in [0, 0.1) is 21.3 Å². The Labute approximate surface area is 125 Å². The number of benzene rings is 1. The maximum atomic E-state index is 3.77. The van der Waals surface area contributed by atoms with Crippen molar-refractivity contribution in [3.05, 3.63) is 27.8 Å². The van der Waals surface area contributed by atoms with Crippen molar-refractivity contribution in [3.63, 3.8) is 0 Å². The lowest BCUT2D eigenvalue weighted by Gasteiger charge is -2.38. The van der Waals surface area contributed by atoms with Crippen molar-refractivity contribution in [2.24, 2.45) is 17.8 Å². The second kappa shape index (κ2) is 6.27. The van der Waals surface area contributed by atoms with Gasteiger partial charge in [-0.05, 0) is 77.5 Å². The van der Waals surface area contributed by atoms with E-state index in [-0.39, 0.29) is 0 Å². The van der Waals surface area contributed by atoms with Crippen LogP contribution >= 0.6 is 22.6 Å². The molecule has 0 spiro atoms. The molecule has 1 nitrogen and oxygen atoms in total. The Hall–Kier alpha value is -0.250. The number of halogens is 1. The molecule has 100 valence electrons. The van der Waals surface area contributed by atoms with Crippen LogP contribution in [0.1, 0.15) is 40.0 Å². The Kier molecular flexibility index (Phi) is 4.93. The summed E-state index contributed by atoms with van der Waals surface area (Å²) in [5.41, 5.74) is 1.28. The van der Waals surface area contributed by atoms with E-state index in [0.29, 0.717) is 6.04 Å². The average Bonchev–Trinajstić information content (AvgIpc) is 2.32. The van der Waals surface area contributed by atoms with Gasteiger partial charge in [0.15, 0.2) is 0 Å². The van der Waals surface area contributed by atoms with E-state index in [1.165, 1.54) is 28.5 Å². The predicted octanol–water partition coefficient (Wildman–Crippen LogP) is 5.16. The fourth-order valence-corrected chi connectivity index (χ4v) is 3.49. The van der Waals surface area contributed by atoms with Crippen molar-refractivity contribution < 1.29 is 0 Å². The first kappa shape index (κ1) is 14.2. The molecule has 0 aliphatic heterocycles. The van der Waals surface area contributed by atoms with Gasteiger partial charge in [0.05, 0.1) is 0 Å². The molecule has 3 unspecified atom stereocenters. The molecule has 1 N–H and O–H groups in total. The molecule has 0 bridgehead atoms. The van der Waals surface area contributed by atoms with Crippen molar-refractivity contribution in [3.8, 4) is 0 Å². The van der Waals surface area contributed by atoms with E-state index in [9.17, 15) is 0 Å². The minimum Gasteiger partial charge on any atom is -0.382 e. The number of hydrogen-bond acceptors (Lipinski definition) is 1. The molecule has 3 atom stereocenters. The molecule has 18 heavy (non-hydrogen) atoms. The van der Waals surface area contributed by atoms with Crippen LogP contribution in [0.4, 0.5) is 5.69 Å². The van der Waals surface area contributed by atoms with Crippen molar-refractivity contribution in [2.75, 3.05) is 5.32 Å². The summed E-state index contributed by atoms with van der Waals surface area (Å²) in [5, 5.41) is 3.77. The van der Waals surface area contributed by atoms with Gasteiger partial charge in [0.25, 0.3) is 0 Å². The Morgan fingerprint density at radius 3 is 2.44 bits per heavy atom. The van der Waals surface area contributed by atoms with E-state index in [1.807, 2.05) is 0 Å². The molecule has 0 radical (unpaired) electrons. The molecule has 1 aliphatic rings. The van der Waals surface area contributed by atoms with Gasteiger partial charge in [-0.15, -0.1) is 0 Å². The maximum Gasteiger partial charge on any atom is 0.0343 e. The average molecular weight is 357 g/mol. The third-order valence-corrected chi connectivity index (χ3v) is 4.94. The van der Waals surface area contributed by atoms with E-state index in [2.05, 4.69) is 72.9 Å². The van der Waals surface area contributed by atoms with Crippen molar-refractivity contribution >= 4 is 28.3 Å². The van der Waals surface area contributed by atoms with Gasteiger partial charge in [-0.25, -0.2) is 0 Å². The van der Waals surface area contributed by atoms with Gasteiger partial charge in [0.2, 0.25) is 0 Å². The quantitative estimate of drug-likeness (QED) is 0.737. The Morgan fingerprint density at radius 2 is 1.83 bits per heavy atom. The summed E-state index contributed by atoms with van der Waals surface area (Å²) in [4.78, 5) is 0. The molecule has 2 heteroatoms. The summed E-state index contributed by atoms with van der Waals surface area (Å²) in [6, 6.07) is 9.42. The van der Waals surface area contributed by atoms with Gasteiger partial charge in [-0.2, -0.15) is 0 Å². The molecule has 0 saturated heterocycles. The Balaban J connectivity index is 2.06. The lowest BCUT2D eigenvalue weighted by atomic mass is 9.74. The molecule has 0 aromatic heterocycles. The van der Waals surface area contributed by atoms with Crippen LogP contribution in [-0.2, 0) is 0 Å². The summed E-state index contributed by atoms with van der Waals surface area (Å²) < 4.78 is 1.30. The molecule has 1 aromatic carbocycles. The van der Waals surface area contributed by atoms with Gasteiger partial charge in [0, 0.05) is 15.3 Å². The van der Waals surface area contributed by atoms with Crippen molar-refractivity contribution in [1.82, 2.24) is 0 Å². The first-order chi connectivity index (χ1) is 8.56. The highest BCUT2D eigenvalue weighted by molar-refractivity contribution is 14.1. The summed E-state index contributed by atoms with van der Waals surface area (Å²) >= 11 is 2.36. The zero-order valence-corrected chi connectivity index (χ0v) is 13.8. The van der Waals surface area contributed by atoms with Crippen LogP contribution in [0.2, 0.25) is 0 Å². The molecule has 0 heterocycles. The zero-order chi connectivity index (χ0) is 13.1. The fourth-order valence-electron chi connectivity index (χ4n) is 3.13. The third-order valence-electron chi connectivity index (χ3n) is 4.22. The van der Waals surface area contributed by atoms with E-state index in [0.717, 1.165) is 17.8 Å². The standard InChI is InChI=1S/C16H24IN/c1-11(2)15-9-4-12(3)10-16(15)18-14-7-5-13(17)6-8-14/h5-8,11-12,15-16,18H,4,9-10H2,1-3H3. The van der Waals surface area contributed by atoms with Crippen LogP contribution < -0.4 is 5.32 Å². The lowest BCUT2D eigenvalue weighted by molar-refractivity contribution is 0.212. The smallest absolute Gasteiger partial charge is 0.0343 e. The molecule has 1 aromatic rings. The minimum atomic E-state index is 0.647. The second-order valence-corrected chi connectivity index (χ2v) is 7.33. The molecule has 2 rings (SSSR count). The van der Waals surface area contributed by atoms with Gasteiger partial charge in [0.1, 0.15) is 0 Å². The predicted molar refractivity (Wildman–Crippen MR) is 87.9 cm³/mol. The highest BCUT2D eigenvalue weighted by Gasteiger charge is 2.30. The van der Waals surface area contributed by atoms with E-state index >= 15 is 0 Å². The van der Waals surface area contributed by atoms with Gasteiger partial charge < -0.3 is 5.32 Å². The lowest BCUT2D eigenvalue weighted by Crippen LogP contribution is -2.37. The van der Waals surface area contributed by atoms with Crippen LogP contribution in [-0.4, -0.2) is 6.04 Å². The van der Waals surface area contributed by atoms with Crippen LogP contribution in [0.15, 0.2) is 24.3 Å². The van der Waals surface area contributed by atoms with Gasteiger partial charge in [-0.3, -0.25) is 0 Å². The number of nitrogens with one attached hydrogen (secondary N) is 1. The first-order valence-electron chi connectivity index (χ1n) is 7.08. The molecule has 0 amide bonds. The monoisotopic (exact) mass is 357 g/mol. The molecule has 1 saturated carbocycles. The summed E-state index contributed by atoms with van der Waals surface area (Å²) in [6.45, 7) is 7.12. The van der Waals surface area contributed by atoms with Crippen molar-refractivity contribution in [2.45, 2.75) is 46.1 Å². The second-order valence-electron chi connectivity index (χ2n) is 6.08. The van der Waals surface area contributed by atoms with E-state index in [4.69, 9.17) is 0 Å². The topological polar surface area (TPSA) is 12.0 Å². The zero-order valence-electron chi connectivity index (χ0n) is 11.6. The van der Waals surface area contributed by atoms with Crippen LogP contribution in [0.3, 0.4) is 0 Å². The number of anilines is 1. The summed E-state index contributed by atoms with van der Waals surface area (Å²) in [7, 11) is 0. The van der Waals surface area contributed by atoms with Gasteiger partial charge >= 0.3 is 0 Å². The maximum absolute atomic E-state index is 3.77. The van der Waals surface area contributed by atoms with Crippen LogP contribution in [0.25, 0.3) is 0 Å². The first-order valence-corrected chi connectivity index (χ1v) is 8.16. The fraction of sp³-hybridized carbons (Fsp3) is 0.625. The SMILES string of the molecule is CC1CCC(C(C)C)C(Nc2ccc(I)cc2)C1. The Bertz CT molecular complexity index is 371.